The molecule has 3 aromatic rings. The van der Waals surface area contributed by atoms with Crippen molar-refractivity contribution in [1.82, 2.24) is 4.98 Å². The molecular weight excluding hydrogens is 322 g/mol. The number of fused-ring (bicyclic) bond motifs is 1. The second-order valence-corrected chi connectivity index (χ2v) is 5.38. The molecule has 0 fully saturated rings. The summed E-state index contributed by atoms with van der Waals surface area (Å²) in [5.41, 5.74) is 0.801. The first kappa shape index (κ1) is 16.3. The second-order valence-electron chi connectivity index (χ2n) is 5.38. The number of H-pyrrole nitrogens is 1. The lowest BCUT2D eigenvalue weighted by Crippen LogP contribution is -2.15. The number of nitrogens with one attached hydrogen (secondary N) is 2. The highest BCUT2D eigenvalue weighted by Crippen LogP contribution is 2.37. The molecule has 0 amide bonds. The monoisotopic (exact) mass is 337 g/mol. The summed E-state index contributed by atoms with van der Waals surface area (Å²) in [7, 11) is 3.00. The minimum Gasteiger partial charge on any atom is -0.497 e. The molecule has 1 aromatic carbocycles. The van der Waals surface area contributed by atoms with Gasteiger partial charge in [-0.1, -0.05) is 0 Å². The number of nitriles is 1. The van der Waals surface area contributed by atoms with Crippen LogP contribution in [0, 0.1) is 23.7 Å². The van der Waals surface area contributed by atoms with Crippen LogP contribution in [0.25, 0.3) is 22.1 Å². The highest BCUT2D eigenvalue weighted by molar-refractivity contribution is 5.97. The van der Waals surface area contributed by atoms with Gasteiger partial charge in [-0.15, -0.1) is 0 Å². The van der Waals surface area contributed by atoms with E-state index in [-0.39, 0.29) is 27.7 Å². The van der Waals surface area contributed by atoms with E-state index in [0.29, 0.717) is 22.8 Å². The molecule has 0 radical (unpaired) electrons. The van der Waals surface area contributed by atoms with E-state index in [9.17, 15) is 10.1 Å². The third kappa shape index (κ3) is 2.64. The summed E-state index contributed by atoms with van der Waals surface area (Å²) in [6.45, 7) is 1.71. The molecule has 2 heterocycles. The summed E-state index contributed by atoms with van der Waals surface area (Å²) in [6, 6.07) is 8.62. The molecule has 0 spiro atoms. The molecular formula is C18H15N3O4. The molecule has 7 heteroatoms. The van der Waals surface area contributed by atoms with Gasteiger partial charge < -0.3 is 18.9 Å². The average molecular weight is 337 g/mol. The van der Waals surface area contributed by atoms with Crippen molar-refractivity contribution in [1.29, 1.82) is 10.7 Å². The number of aromatic nitrogens is 1. The summed E-state index contributed by atoms with van der Waals surface area (Å²) >= 11 is 0. The molecule has 25 heavy (non-hydrogen) atoms. The third-order valence-corrected chi connectivity index (χ3v) is 3.86. The first-order valence-electron chi connectivity index (χ1n) is 7.38. The zero-order valence-electron chi connectivity index (χ0n) is 13.9. The number of benzene rings is 1. The van der Waals surface area contributed by atoms with Gasteiger partial charge in [0.05, 0.1) is 19.6 Å². The predicted molar refractivity (Wildman–Crippen MR) is 90.7 cm³/mol. The van der Waals surface area contributed by atoms with Crippen molar-refractivity contribution < 1.29 is 13.9 Å². The zero-order valence-corrected chi connectivity index (χ0v) is 13.9. The number of pyridine rings is 1. The van der Waals surface area contributed by atoms with Gasteiger partial charge in [0.15, 0.2) is 0 Å². The Balaban J connectivity index is 2.58. The molecule has 3 rings (SSSR count). The van der Waals surface area contributed by atoms with Crippen LogP contribution in [-0.2, 0) is 0 Å². The van der Waals surface area contributed by atoms with E-state index in [1.807, 2.05) is 6.07 Å². The summed E-state index contributed by atoms with van der Waals surface area (Å²) in [4.78, 5) is 15.3. The maximum absolute atomic E-state index is 12.6. The van der Waals surface area contributed by atoms with E-state index in [0.717, 1.165) is 0 Å². The SMILES string of the molecule is COc1ccc(OC)c(-c2c(C#N)c(=N)oc3cc(C)[nH]c(=O)c23)c1. The van der Waals surface area contributed by atoms with Crippen LogP contribution in [0.3, 0.4) is 0 Å². The molecule has 0 aliphatic heterocycles. The Morgan fingerprint density at radius 1 is 1.24 bits per heavy atom. The second kappa shape index (κ2) is 6.17. The number of ether oxygens (including phenoxy) is 2. The number of rotatable bonds is 3. The topological polar surface area (TPSA) is 112 Å². The number of methoxy groups -OCH3 is 2. The van der Waals surface area contributed by atoms with E-state index in [4.69, 9.17) is 19.3 Å². The van der Waals surface area contributed by atoms with E-state index < -0.39 is 5.56 Å². The van der Waals surface area contributed by atoms with Crippen molar-refractivity contribution in [2.45, 2.75) is 6.92 Å². The Morgan fingerprint density at radius 3 is 2.64 bits per heavy atom. The molecule has 7 nitrogen and oxygen atoms in total. The van der Waals surface area contributed by atoms with Crippen LogP contribution in [0.15, 0.2) is 33.5 Å². The van der Waals surface area contributed by atoms with Crippen molar-refractivity contribution in [3.63, 3.8) is 0 Å². The highest BCUT2D eigenvalue weighted by atomic mass is 16.5. The van der Waals surface area contributed by atoms with Crippen molar-refractivity contribution >= 4 is 11.0 Å². The highest BCUT2D eigenvalue weighted by Gasteiger charge is 2.21. The molecule has 0 saturated carbocycles. The van der Waals surface area contributed by atoms with E-state index in [2.05, 4.69) is 4.98 Å². The summed E-state index contributed by atoms with van der Waals surface area (Å²) in [5, 5.41) is 17.8. The maximum Gasteiger partial charge on any atom is 0.259 e. The Labute approximate surface area is 142 Å². The Morgan fingerprint density at radius 2 is 2.00 bits per heavy atom. The van der Waals surface area contributed by atoms with Crippen LogP contribution in [-0.4, -0.2) is 19.2 Å². The van der Waals surface area contributed by atoms with Crippen molar-refractivity contribution in [3.8, 4) is 28.7 Å². The third-order valence-electron chi connectivity index (χ3n) is 3.86. The largest absolute Gasteiger partial charge is 0.497 e. The van der Waals surface area contributed by atoms with Gasteiger partial charge in [0.25, 0.3) is 5.56 Å². The fourth-order valence-electron chi connectivity index (χ4n) is 2.76. The van der Waals surface area contributed by atoms with Gasteiger partial charge in [0.1, 0.15) is 28.7 Å². The molecule has 2 N–H and O–H groups in total. The van der Waals surface area contributed by atoms with Gasteiger partial charge in [-0.25, -0.2) is 0 Å². The first-order valence-corrected chi connectivity index (χ1v) is 7.38. The lowest BCUT2D eigenvalue weighted by Gasteiger charge is -2.13. The van der Waals surface area contributed by atoms with Crippen molar-refractivity contribution in [3.05, 3.63) is 51.4 Å². The lowest BCUT2D eigenvalue weighted by atomic mass is 9.97. The zero-order chi connectivity index (χ0) is 18.1. The lowest BCUT2D eigenvalue weighted by molar-refractivity contribution is 0.404. The Kier molecular flexibility index (Phi) is 4.03. The van der Waals surface area contributed by atoms with Gasteiger partial charge in [0.2, 0.25) is 5.55 Å². The fourth-order valence-corrected chi connectivity index (χ4v) is 2.76. The van der Waals surface area contributed by atoms with Crippen LogP contribution < -0.4 is 20.6 Å². The fraction of sp³-hybridized carbons (Fsp3) is 0.167. The molecule has 0 bridgehead atoms. The van der Waals surface area contributed by atoms with Crippen LogP contribution in [0.1, 0.15) is 11.3 Å². The van der Waals surface area contributed by atoms with E-state index >= 15 is 0 Å². The Bertz CT molecular complexity index is 1140. The summed E-state index contributed by atoms with van der Waals surface area (Å²) in [5.74, 6) is 0.980. The van der Waals surface area contributed by atoms with Crippen LogP contribution in [0.2, 0.25) is 0 Å². The summed E-state index contributed by atoms with van der Waals surface area (Å²) in [6.07, 6.45) is 0. The van der Waals surface area contributed by atoms with Gasteiger partial charge in [-0.2, -0.15) is 5.26 Å². The molecule has 0 atom stereocenters. The van der Waals surface area contributed by atoms with Gasteiger partial charge in [-0.3, -0.25) is 10.2 Å². The van der Waals surface area contributed by atoms with E-state index in [1.54, 1.807) is 31.2 Å². The average Bonchev–Trinajstić information content (AvgIpc) is 2.59. The minimum atomic E-state index is -0.407. The molecule has 0 aliphatic rings. The minimum absolute atomic E-state index is 0.0478. The smallest absolute Gasteiger partial charge is 0.259 e. The first-order chi connectivity index (χ1) is 12.0. The van der Waals surface area contributed by atoms with Gasteiger partial charge >= 0.3 is 0 Å². The molecule has 0 aliphatic carbocycles. The number of aryl methyl sites for hydroxylation is 1. The predicted octanol–water partition coefficient (Wildman–Crippen LogP) is 2.46. The number of hydrogen-bond donors (Lipinski definition) is 2. The standard InChI is InChI=1S/C18H15N3O4/c1-9-6-14-16(18(22)21-9)15(12(8-19)17(20)25-14)11-7-10(23-2)4-5-13(11)24-3/h4-7,20H,1-3H3,(H,21,22). The molecule has 2 aromatic heterocycles. The molecule has 0 unspecified atom stereocenters. The number of hydrogen-bond acceptors (Lipinski definition) is 6. The molecule has 0 saturated heterocycles. The Hall–Kier alpha value is -3.53. The normalized spacial score (nSPS) is 10.5. The molecule has 126 valence electrons. The quantitative estimate of drug-likeness (QED) is 0.762. The van der Waals surface area contributed by atoms with Crippen molar-refractivity contribution in [2.75, 3.05) is 14.2 Å². The van der Waals surface area contributed by atoms with Crippen LogP contribution >= 0.6 is 0 Å². The van der Waals surface area contributed by atoms with Gasteiger partial charge in [0, 0.05) is 22.9 Å². The van der Waals surface area contributed by atoms with E-state index in [1.165, 1.54) is 14.2 Å². The maximum atomic E-state index is 12.6. The number of aromatic amines is 1. The van der Waals surface area contributed by atoms with Gasteiger partial charge in [-0.05, 0) is 25.1 Å². The van der Waals surface area contributed by atoms with Crippen LogP contribution in [0.5, 0.6) is 11.5 Å². The van der Waals surface area contributed by atoms with Crippen LogP contribution in [0.4, 0.5) is 0 Å². The van der Waals surface area contributed by atoms with Crippen molar-refractivity contribution in [2.24, 2.45) is 0 Å². The summed E-state index contributed by atoms with van der Waals surface area (Å²) < 4.78 is 16.0. The number of nitrogens with zero attached hydrogens (tertiary/aromatic N) is 1.